The highest BCUT2D eigenvalue weighted by Gasteiger charge is 2.24. The third-order valence-electron chi connectivity index (χ3n) is 9.70. The third-order valence-corrected chi connectivity index (χ3v) is 11.0. The predicted molar refractivity (Wildman–Crippen MR) is 217 cm³/mol. The van der Waals surface area contributed by atoms with Crippen molar-refractivity contribution < 1.29 is 4.42 Å². The molecule has 0 fully saturated rings. The first-order chi connectivity index (χ1) is 25.8. The molecule has 3 aromatic heterocycles. The molecule has 3 heterocycles. The van der Waals surface area contributed by atoms with Gasteiger partial charge in [0.25, 0.3) is 0 Å². The quantitative estimate of drug-likeness (QED) is 0.175. The largest absolute Gasteiger partial charge is 0.436 e. The normalized spacial score (nSPS) is 11.5. The van der Waals surface area contributed by atoms with Gasteiger partial charge in [-0.15, -0.1) is 11.3 Å². The Hall–Kier alpha value is -6.62. The fourth-order valence-corrected chi connectivity index (χ4v) is 8.54. The van der Waals surface area contributed by atoms with Gasteiger partial charge in [0.2, 0.25) is 5.89 Å². The molecule has 10 rings (SSSR count). The lowest BCUT2D eigenvalue weighted by molar-refractivity contribution is 0.620. The molecule has 0 aliphatic rings. The Morgan fingerprint density at radius 2 is 0.942 bits per heavy atom. The molecule has 0 saturated heterocycles. The van der Waals surface area contributed by atoms with Gasteiger partial charge in [0.05, 0.1) is 11.2 Å². The first-order valence-electron chi connectivity index (χ1n) is 17.4. The molecular weight excluding hydrogens is 653 g/mol. The van der Waals surface area contributed by atoms with Crippen molar-refractivity contribution in [2.24, 2.45) is 0 Å². The van der Waals surface area contributed by atoms with E-state index >= 15 is 0 Å². The Kier molecular flexibility index (Phi) is 7.33. The number of rotatable bonds is 6. The molecule has 0 atom stereocenters. The second kappa shape index (κ2) is 12.6. The minimum absolute atomic E-state index is 0.615. The Morgan fingerprint density at radius 3 is 1.60 bits per heavy atom. The molecule has 3 nitrogen and oxygen atoms in total. The molecule has 0 unspecified atom stereocenters. The van der Waals surface area contributed by atoms with Crippen LogP contribution < -0.4 is 0 Å². The summed E-state index contributed by atoms with van der Waals surface area (Å²) in [5.41, 5.74) is 13.8. The Labute approximate surface area is 305 Å². The van der Waals surface area contributed by atoms with E-state index in [1.807, 2.05) is 35.6 Å². The SMILES string of the molecule is c1ccc(-c2cc(-c3ccccc3)cc(-c3sc4c(c(-c5ccccc5)nc5ccccc54)c3-c3ccc(-c4nc5ccccc5o4)cc3)c2)cc1. The fourth-order valence-electron chi connectivity index (χ4n) is 7.20. The standard InChI is InChI=1S/C48H30N2OS/c1-4-14-31(15-5-1)36-28-37(32-16-6-2-7-17-32)30-38(29-36)46-43(33-24-26-35(27-25-33)48-50-41-22-12-13-23-42(41)51-48)44-45(34-18-8-3-9-19-34)49-40-21-11-10-20-39(40)47(44)52-46/h1-30H. The van der Waals surface area contributed by atoms with Gasteiger partial charge in [-0.2, -0.15) is 0 Å². The number of hydrogen-bond donors (Lipinski definition) is 0. The monoisotopic (exact) mass is 682 g/mol. The zero-order chi connectivity index (χ0) is 34.4. The van der Waals surface area contributed by atoms with E-state index < -0.39 is 0 Å². The minimum atomic E-state index is 0.615. The van der Waals surface area contributed by atoms with E-state index in [9.17, 15) is 0 Å². The second-order valence-electron chi connectivity index (χ2n) is 12.9. The van der Waals surface area contributed by atoms with E-state index in [1.54, 1.807) is 0 Å². The molecule has 0 bridgehead atoms. The van der Waals surface area contributed by atoms with Crippen LogP contribution in [0.25, 0.3) is 98.6 Å². The van der Waals surface area contributed by atoms with E-state index in [1.165, 1.54) is 43.0 Å². The molecule has 0 amide bonds. The Morgan fingerprint density at radius 1 is 0.404 bits per heavy atom. The van der Waals surface area contributed by atoms with E-state index in [2.05, 4.69) is 158 Å². The molecule has 0 radical (unpaired) electrons. The molecule has 10 aromatic rings. The van der Waals surface area contributed by atoms with Crippen LogP contribution in [-0.2, 0) is 0 Å². The minimum Gasteiger partial charge on any atom is -0.436 e. The second-order valence-corrected chi connectivity index (χ2v) is 14.0. The van der Waals surface area contributed by atoms with Gasteiger partial charge in [-0.05, 0) is 81.9 Å². The topological polar surface area (TPSA) is 38.9 Å². The summed E-state index contributed by atoms with van der Waals surface area (Å²) in [7, 11) is 0. The van der Waals surface area contributed by atoms with Crippen LogP contribution in [0.5, 0.6) is 0 Å². The highest BCUT2D eigenvalue weighted by molar-refractivity contribution is 7.24. The molecule has 0 aliphatic carbocycles. The molecule has 4 heteroatoms. The highest BCUT2D eigenvalue weighted by Crippen LogP contribution is 2.51. The van der Waals surface area contributed by atoms with Gasteiger partial charge >= 0.3 is 0 Å². The lowest BCUT2D eigenvalue weighted by atomic mass is 9.91. The van der Waals surface area contributed by atoms with Crippen LogP contribution in [0.1, 0.15) is 0 Å². The summed E-state index contributed by atoms with van der Waals surface area (Å²) in [5, 5.41) is 2.31. The Bertz CT molecular complexity index is 2780. The molecule has 0 saturated carbocycles. The van der Waals surface area contributed by atoms with Crippen molar-refractivity contribution in [2.75, 3.05) is 0 Å². The van der Waals surface area contributed by atoms with E-state index in [-0.39, 0.29) is 0 Å². The zero-order valence-electron chi connectivity index (χ0n) is 28.0. The van der Waals surface area contributed by atoms with Gasteiger partial charge in [0.15, 0.2) is 5.58 Å². The Balaban J connectivity index is 1.27. The average molecular weight is 683 g/mol. The van der Waals surface area contributed by atoms with Crippen molar-refractivity contribution >= 4 is 43.4 Å². The number of nitrogens with zero attached hydrogens (tertiary/aromatic N) is 2. The van der Waals surface area contributed by atoms with Gasteiger partial charge in [-0.25, -0.2) is 9.97 Å². The van der Waals surface area contributed by atoms with Crippen molar-refractivity contribution in [3.8, 4) is 66.5 Å². The molecule has 244 valence electrons. The lowest BCUT2D eigenvalue weighted by Gasteiger charge is -2.13. The third kappa shape index (κ3) is 5.29. The van der Waals surface area contributed by atoms with Crippen molar-refractivity contribution in [2.45, 2.75) is 0 Å². The van der Waals surface area contributed by atoms with Crippen LogP contribution in [0.15, 0.2) is 186 Å². The maximum Gasteiger partial charge on any atom is 0.227 e. The molecule has 52 heavy (non-hydrogen) atoms. The molecule has 0 aliphatic heterocycles. The summed E-state index contributed by atoms with van der Waals surface area (Å²) in [6, 6.07) is 64.0. The molecular formula is C48H30N2OS. The van der Waals surface area contributed by atoms with Crippen LogP contribution in [0.4, 0.5) is 0 Å². The summed E-state index contributed by atoms with van der Waals surface area (Å²) in [4.78, 5) is 11.4. The van der Waals surface area contributed by atoms with Gasteiger partial charge < -0.3 is 4.42 Å². The van der Waals surface area contributed by atoms with Crippen LogP contribution in [-0.4, -0.2) is 9.97 Å². The summed E-state index contributed by atoms with van der Waals surface area (Å²) in [5.74, 6) is 0.615. The van der Waals surface area contributed by atoms with Gasteiger partial charge in [0.1, 0.15) is 5.52 Å². The number of oxazole rings is 1. The molecule has 0 N–H and O–H groups in total. The molecule has 0 spiro atoms. The van der Waals surface area contributed by atoms with Crippen molar-refractivity contribution in [1.82, 2.24) is 9.97 Å². The highest BCUT2D eigenvalue weighted by atomic mass is 32.1. The fraction of sp³-hybridized carbons (Fsp3) is 0. The molecule has 7 aromatic carbocycles. The summed E-state index contributed by atoms with van der Waals surface area (Å²) < 4.78 is 7.39. The number of pyridine rings is 1. The van der Waals surface area contributed by atoms with Crippen molar-refractivity contribution in [3.05, 3.63) is 182 Å². The number of thiophene rings is 1. The van der Waals surface area contributed by atoms with E-state index in [4.69, 9.17) is 14.4 Å². The number of aromatic nitrogens is 2. The number of para-hydroxylation sites is 3. The smallest absolute Gasteiger partial charge is 0.227 e. The maximum absolute atomic E-state index is 6.16. The van der Waals surface area contributed by atoms with Crippen molar-refractivity contribution in [1.29, 1.82) is 0 Å². The number of hydrogen-bond acceptors (Lipinski definition) is 4. The summed E-state index contributed by atoms with van der Waals surface area (Å²) in [6.07, 6.45) is 0. The first kappa shape index (κ1) is 30.2. The van der Waals surface area contributed by atoms with Crippen LogP contribution in [0.3, 0.4) is 0 Å². The first-order valence-corrected chi connectivity index (χ1v) is 18.2. The summed E-state index contributed by atoms with van der Waals surface area (Å²) in [6.45, 7) is 0. The summed E-state index contributed by atoms with van der Waals surface area (Å²) >= 11 is 1.85. The van der Waals surface area contributed by atoms with Crippen LogP contribution >= 0.6 is 11.3 Å². The van der Waals surface area contributed by atoms with Gasteiger partial charge in [-0.3, -0.25) is 0 Å². The lowest BCUT2D eigenvalue weighted by Crippen LogP contribution is -1.90. The average Bonchev–Trinajstić information content (AvgIpc) is 3.85. The van der Waals surface area contributed by atoms with E-state index in [0.29, 0.717) is 5.89 Å². The van der Waals surface area contributed by atoms with Crippen LogP contribution in [0, 0.1) is 0 Å². The predicted octanol–water partition coefficient (Wildman–Crippen LogP) is 13.6. The van der Waals surface area contributed by atoms with Gasteiger partial charge in [-0.1, -0.05) is 133 Å². The van der Waals surface area contributed by atoms with Crippen LogP contribution in [0.2, 0.25) is 0 Å². The van der Waals surface area contributed by atoms with E-state index in [0.717, 1.165) is 49.8 Å². The van der Waals surface area contributed by atoms with Gasteiger partial charge in [0, 0.05) is 37.0 Å². The maximum atomic E-state index is 6.16. The number of benzene rings is 7. The number of fused-ring (bicyclic) bond motifs is 4. The zero-order valence-corrected chi connectivity index (χ0v) is 28.8. The van der Waals surface area contributed by atoms with Crippen molar-refractivity contribution in [3.63, 3.8) is 0 Å².